The molecule has 2 atom stereocenters. The number of nitrogens with one attached hydrogen (secondary N) is 1. The summed E-state index contributed by atoms with van der Waals surface area (Å²) in [6.45, 7) is 3.67. The standard InChI is InChI=1S/C15H21NO3/c1-3-14(17)11-4-8-13(9-5-11)19-10(2)15(18)16-12-6-7-12/h4-5,8-10,12,14,17H,3,6-7H2,1-2H3,(H,16,18)/t10?,14-/m0/s1. The maximum absolute atomic E-state index is 11.7. The first kappa shape index (κ1) is 13.9. The molecule has 0 bridgehead atoms. The van der Waals surface area contributed by atoms with Gasteiger partial charge in [-0.05, 0) is 43.9 Å². The van der Waals surface area contributed by atoms with Gasteiger partial charge in [0.25, 0.3) is 5.91 Å². The maximum atomic E-state index is 11.7. The van der Waals surface area contributed by atoms with Crippen molar-refractivity contribution < 1.29 is 14.6 Å². The first-order chi connectivity index (χ1) is 9.10. The van der Waals surface area contributed by atoms with E-state index in [1.165, 1.54) is 0 Å². The van der Waals surface area contributed by atoms with Crippen LogP contribution in [0.2, 0.25) is 0 Å². The van der Waals surface area contributed by atoms with Crippen LogP contribution in [0.25, 0.3) is 0 Å². The van der Waals surface area contributed by atoms with Gasteiger partial charge in [0.05, 0.1) is 6.10 Å². The van der Waals surface area contributed by atoms with E-state index in [1.54, 1.807) is 19.1 Å². The number of rotatable bonds is 6. The lowest BCUT2D eigenvalue weighted by Gasteiger charge is -2.15. The van der Waals surface area contributed by atoms with Crippen LogP contribution in [0.3, 0.4) is 0 Å². The van der Waals surface area contributed by atoms with Gasteiger partial charge in [0.15, 0.2) is 6.10 Å². The second kappa shape index (κ2) is 6.06. The van der Waals surface area contributed by atoms with Crippen LogP contribution in [0.5, 0.6) is 5.75 Å². The highest BCUT2D eigenvalue weighted by atomic mass is 16.5. The fourth-order valence-electron chi connectivity index (χ4n) is 1.81. The number of carbonyl (C=O) groups excluding carboxylic acids is 1. The number of aliphatic hydroxyl groups is 1. The Morgan fingerprint density at radius 1 is 1.42 bits per heavy atom. The van der Waals surface area contributed by atoms with E-state index in [-0.39, 0.29) is 5.91 Å². The molecule has 1 aliphatic carbocycles. The van der Waals surface area contributed by atoms with E-state index in [1.807, 2.05) is 19.1 Å². The zero-order chi connectivity index (χ0) is 13.8. The number of hydrogen-bond acceptors (Lipinski definition) is 3. The lowest BCUT2D eigenvalue weighted by molar-refractivity contribution is -0.127. The Labute approximate surface area is 113 Å². The molecule has 0 radical (unpaired) electrons. The Kier molecular flexibility index (Phi) is 4.43. The molecule has 19 heavy (non-hydrogen) atoms. The molecular weight excluding hydrogens is 242 g/mol. The third kappa shape index (κ3) is 3.96. The summed E-state index contributed by atoms with van der Waals surface area (Å²) in [5, 5.41) is 12.6. The monoisotopic (exact) mass is 263 g/mol. The van der Waals surface area contributed by atoms with Crippen LogP contribution >= 0.6 is 0 Å². The molecule has 1 amide bonds. The Balaban J connectivity index is 1.89. The minimum Gasteiger partial charge on any atom is -0.481 e. The van der Waals surface area contributed by atoms with Crippen LogP contribution in [-0.2, 0) is 4.79 Å². The molecule has 0 aromatic heterocycles. The largest absolute Gasteiger partial charge is 0.481 e. The summed E-state index contributed by atoms with van der Waals surface area (Å²) in [6, 6.07) is 7.58. The number of ether oxygens (including phenoxy) is 1. The van der Waals surface area contributed by atoms with E-state index in [0.29, 0.717) is 18.2 Å². The Morgan fingerprint density at radius 3 is 2.58 bits per heavy atom. The summed E-state index contributed by atoms with van der Waals surface area (Å²) in [5.41, 5.74) is 0.866. The van der Waals surface area contributed by atoms with Crippen LogP contribution in [0.15, 0.2) is 24.3 Å². The normalized spacial score (nSPS) is 17.6. The van der Waals surface area contributed by atoms with Gasteiger partial charge in [-0.1, -0.05) is 19.1 Å². The molecule has 2 rings (SSSR count). The van der Waals surface area contributed by atoms with Crippen molar-refractivity contribution in [3.8, 4) is 5.75 Å². The van der Waals surface area contributed by atoms with E-state index in [4.69, 9.17) is 4.74 Å². The highest BCUT2D eigenvalue weighted by Gasteiger charge is 2.26. The Morgan fingerprint density at radius 2 is 2.05 bits per heavy atom. The van der Waals surface area contributed by atoms with Crippen molar-refractivity contribution in [2.75, 3.05) is 0 Å². The third-order valence-electron chi connectivity index (χ3n) is 3.26. The highest BCUT2D eigenvalue weighted by molar-refractivity contribution is 5.81. The van der Waals surface area contributed by atoms with Crippen molar-refractivity contribution in [3.05, 3.63) is 29.8 Å². The zero-order valence-corrected chi connectivity index (χ0v) is 11.4. The van der Waals surface area contributed by atoms with Gasteiger partial charge >= 0.3 is 0 Å². The Hall–Kier alpha value is -1.55. The van der Waals surface area contributed by atoms with E-state index >= 15 is 0 Å². The summed E-state index contributed by atoms with van der Waals surface area (Å²) in [7, 11) is 0. The Bertz CT molecular complexity index is 426. The van der Waals surface area contributed by atoms with Crippen LogP contribution in [0.4, 0.5) is 0 Å². The molecule has 1 saturated carbocycles. The summed E-state index contributed by atoms with van der Waals surface area (Å²) in [4.78, 5) is 11.7. The SMILES string of the molecule is CC[C@H](O)c1ccc(OC(C)C(=O)NC2CC2)cc1. The van der Waals surface area contributed by atoms with Gasteiger partial charge in [-0.2, -0.15) is 0 Å². The van der Waals surface area contributed by atoms with E-state index < -0.39 is 12.2 Å². The van der Waals surface area contributed by atoms with Crippen LogP contribution < -0.4 is 10.1 Å². The van der Waals surface area contributed by atoms with Gasteiger partial charge in [0, 0.05) is 6.04 Å². The molecule has 1 aromatic carbocycles. The van der Waals surface area contributed by atoms with E-state index in [2.05, 4.69) is 5.32 Å². The van der Waals surface area contributed by atoms with Crippen molar-refractivity contribution in [3.63, 3.8) is 0 Å². The van der Waals surface area contributed by atoms with Crippen molar-refractivity contribution in [1.82, 2.24) is 5.32 Å². The molecule has 0 aliphatic heterocycles. The second-order valence-electron chi connectivity index (χ2n) is 5.04. The van der Waals surface area contributed by atoms with Crippen molar-refractivity contribution >= 4 is 5.91 Å². The molecule has 4 nitrogen and oxygen atoms in total. The van der Waals surface area contributed by atoms with E-state index in [0.717, 1.165) is 18.4 Å². The van der Waals surface area contributed by atoms with Crippen molar-refractivity contribution in [2.24, 2.45) is 0 Å². The summed E-state index contributed by atoms with van der Waals surface area (Å²) < 4.78 is 5.58. The predicted molar refractivity (Wildman–Crippen MR) is 72.9 cm³/mol. The second-order valence-corrected chi connectivity index (χ2v) is 5.04. The maximum Gasteiger partial charge on any atom is 0.260 e. The minimum absolute atomic E-state index is 0.0693. The first-order valence-corrected chi connectivity index (χ1v) is 6.85. The molecule has 1 unspecified atom stereocenters. The number of benzene rings is 1. The topological polar surface area (TPSA) is 58.6 Å². The lowest BCUT2D eigenvalue weighted by atomic mass is 10.1. The number of amides is 1. The average molecular weight is 263 g/mol. The van der Waals surface area contributed by atoms with Crippen molar-refractivity contribution in [1.29, 1.82) is 0 Å². The predicted octanol–water partition coefficient (Wildman–Crippen LogP) is 2.18. The zero-order valence-electron chi connectivity index (χ0n) is 11.4. The number of carbonyl (C=O) groups is 1. The molecule has 2 N–H and O–H groups in total. The van der Waals surface area contributed by atoms with Gasteiger partial charge in [0.1, 0.15) is 5.75 Å². The molecule has 1 aliphatic rings. The minimum atomic E-state index is -0.498. The van der Waals surface area contributed by atoms with Crippen LogP contribution in [0.1, 0.15) is 44.8 Å². The highest BCUT2D eigenvalue weighted by Crippen LogP contribution is 2.21. The summed E-state index contributed by atoms with van der Waals surface area (Å²) in [6.07, 6.45) is 1.89. The molecule has 0 spiro atoms. The third-order valence-corrected chi connectivity index (χ3v) is 3.26. The smallest absolute Gasteiger partial charge is 0.260 e. The summed E-state index contributed by atoms with van der Waals surface area (Å²) in [5.74, 6) is 0.575. The molecule has 1 fully saturated rings. The molecule has 0 heterocycles. The molecular formula is C15H21NO3. The van der Waals surface area contributed by atoms with Gasteiger partial charge in [-0.25, -0.2) is 0 Å². The van der Waals surface area contributed by atoms with Gasteiger partial charge in [-0.3, -0.25) is 4.79 Å². The number of hydrogen-bond donors (Lipinski definition) is 2. The van der Waals surface area contributed by atoms with E-state index in [9.17, 15) is 9.90 Å². The van der Waals surface area contributed by atoms with Gasteiger partial charge in [0.2, 0.25) is 0 Å². The first-order valence-electron chi connectivity index (χ1n) is 6.85. The molecule has 0 saturated heterocycles. The number of aliphatic hydroxyl groups excluding tert-OH is 1. The van der Waals surface area contributed by atoms with Gasteiger partial charge in [-0.15, -0.1) is 0 Å². The molecule has 104 valence electrons. The fraction of sp³-hybridized carbons (Fsp3) is 0.533. The lowest BCUT2D eigenvalue weighted by Crippen LogP contribution is -2.37. The molecule has 1 aromatic rings. The quantitative estimate of drug-likeness (QED) is 0.827. The van der Waals surface area contributed by atoms with Crippen LogP contribution in [0, 0.1) is 0 Å². The average Bonchev–Trinajstić information content (AvgIpc) is 3.22. The summed E-state index contributed by atoms with van der Waals surface area (Å²) >= 11 is 0. The van der Waals surface area contributed by atoms with Crippen LogP contribution in [-0.4, -0.2) is 23.2 Å². The fourth-order valence-corrected chi connectivity index (χ4v) is 1.81. The van der Waals surface area contributed by atoms with Crippen molar-refractivity contribution in [2.45, 2.75) is 51.4 Å². The van der Waals surface area contributed by atoms with Gasteiger partial charge < -0.3 is 15.2 Å². The molecule has 4 heteroatoms.